The van der Waals surface area contributed by atoms with Crippen LogP contribution in [0.5, 0.6) is 0 Å². The van der Waals surface area contributed by atoms with Gasteiger partial charge in [-0.15, -0.1) is 0 Å². The number of nitrogens with one attached hydrogen (secondary N) is 1. The standard InChI is InChI=1S/C21H26FN3O/c1-17(21(26)23(2)16-18-7-6-8-19(22)15-18)24-11-13-25(14-12-24)20-9-4-3-5-10-20/h3-10,15,17H,11-14,16H2,1-2H3/p+1/t17-/m1/s1. The van der Waals surface area contributed by atoms with Crippen LogP contribution < -0.4 is 9.80 Å². The number of rotatable bonds is 5. The highest BCUT2D eigenvalue weighted by atomic mass is 19.1. The van der Waals surface area contributed by atoms with Gasteiger partial charge < -0.3 is 14.7 Å². The molecule has 1 N–H and O–H groups in total. The van der Waals surface area contributed by atoms with Crippen LogP contribution in [0.3, 0.4) is 0 Å². The predicted octanol–water partition coefficient (Wildman–Crippen LogP) is 1.58. The Morgan fingerprint density at radius 1 is 1.15 bits per heavy atom. The number of para-hydroxylation sites is 1. The maximum absolute atomic E-state index is 13.3. The molecule has 0 spiro atoms. The lowest BCUT2D eigenvalue weighted by Crippen LogP contribution is -3.19. The average Bonchev–Trinajstić information content (AvgIpc) is 2.67. The molecule has 4 nitrogen and oxygen atoms in total. The van der Waals surface area contributed by atoms with Crippen LogP contribution in [0.1, 0.15) is 12.5 Å². The van der Waals surface area contributed by atoms with Crippen LogP contribution in [0.15, 0.2) is 54.6 Å². The molecule has 0 bridgehead atoms. The summed E-state index contributed by atoms with van der Waals surface area (Å²) in [7, 11) is 1.80. The van der Waals surface area contributed by atoms with Crippen molar-refractivity contribution < 1.29 is 14.1 Å². The maximum atomic E-state index is 13.3. The van der Waals surface area contributed by atoms with Crippen molar-refractivity contribution >= 4 is 11.6 Å². The van der Waals surface area contributed by atoms with E-state index in [1.165, 1.54) is 22.7 Å². The number of nitrogens with zero attached hydrogens (tertiary/aromatic N) is 2. The minimum absolute atomic E-state index is 0.0912. The molecule has 5 heteroatoms. The quantitative estimate of drug-likeness (QED) is 0.881. The molecule has 0 radical (unpaired) electrons. The first-order valence-corrected chi connectivity index (χ1v) is 9.18. The molecule has 1 atom stereocenters. The second kappa shape index (κ2) is 8.32. The number of carbonyl (C=O) groups is 1. The largest absolute Gasteiger partial charge is 0.360 e. The van der Waals surface area contributed by atoms with Crippen molar-refractivity contribution in [3.8, 4) is 0 Å². The van der Waals surface area contributed by atoms with E-state index in [0.29, 0.717) is 6.54 Å². The number of likely N-dealkylation sites (N-methyl/N-ethyl adjacent to an activating group) is 1. The molecule has 1 heterocycles. The Kier molecular flexibility index (Phi) is 5.89. The van der Waals surface area contributed by atoms with E-state index in [1.54, 1.807) is 18.0 Å². The summed E-state index contributed by atoms with van der Waals surface area (Å²) in [6.07, 6.45) is 0. The summed E-state index contributed by atoms with van der Waals surface area (Å²) in [5.41, 5.74) is 2.06. The molecule has 138 valence electrons. The van der Waals surface area contributed by atoms with E-state index in [4.69, 9.17) is 0 Å². The van der Waals surface area contributed by atoms with Gasteiger partial charge in [0, 0.05) is 19.3 Å². The van der Waals surface area contributed by atoms with Gasteiger partial charge in [0.1, 0.15) is 5.82 Å². The van der Waals surface area contributed by atoms with Crippen molar-refractivity contribution in [3.63, 3.8) is 0 Å². The third-order valence-corrected chi connectivity index (χ3v) is 5.19. The number of amides is 1. The van der Waals surface area contributed by atoms with E-state index < -0.39 is 0 Å². The van der Waals surface area contributed by atoms with Crippen molar-refractivity contribution in [1.82, 2.24) is 4.90 Å². The van der Waals surface area contributed by atoms with Crippen LogP contribution in [0.2, 0.25) is 0 Å². The summed E-state index contributed by atoms with van der Waals surface area (Å²) in [5, 5.41) is 0. The molecule has 0 aliphatic carbocycles. The topological polar surface area (TPSA) is 28.0 Å². The fourth-order valence-electron chi connectivity index (χ4n) is 3.62. The number of carbonyl (C=O) groups excluding carboxylic acids is 1. The molecular weight excluding hydrogens is 329 g/mol. The number of hydrogen-bond acceptors (Lipinski definition) is 2. The molecule has 1 aliphatic heterocycles. The Labute approximate surface area is 154 Å². The van der Waals surface area contributed by atoms with Crippen LogP contribution in [0, 0.1) is 5.82 Å². The van der Waals surface area contributed by atoms with Gasteiger partial charge in [-0.3, -0.25) is 4.79 Å². The highest BCUT2D eigenvalue weighted by Gasteiger charge is 2.31. The molecule has 26 heavy (non-hydrogen) atoms. The Bertz CT molecular complexity index is 729. The SMILES string of the molecule is C[C@H](C(=O)N(C)Cc1cccc(F)c1)[NH+]1CCN(c2ccccc2)CC1. The van der Waals surface area contributed by atoms with Gasteiger partial charge >= 0.3 is 0 Å². The third-order valence-electron chi connectivity index (χ3n) is 5.19. The molecule has 1 amide bonds. The molecule has 1 aliphatic rings. The summed E-state index contributed by atoms with van der Waals surface area (Å²) < 4.78 is 13.3. The molecule has 0 aromatic heterocycles. The Hall–Kier alpha value is -2.40. The van der Waals surface area contributed by atoms with Crippen LogP contribution in [0.25, 0.3) is 0 Å². The fraction of sp³-hybridized carbons (Fsp3) is 0.381. The highest BCUT2D eigenvalue weighted by molar-refractivity contribution is 5.79. The lowest BCUT2D eigenvalue weighted by molar-refractivity contribution is -0.915. The normalized spacial score (nSPS) is 16.3. The van der Waals surface area contributed by atoms with E-state index >= 15 is 0 Å². The number of halogens is 1. The fourth-order valence-corrected chi connectivity index (χ4v) is 3.62. The highest BCUT2D eigenvalue weighted by Crippen LogP contribution is 2.12. The average molecular weight is 356 g/mol. The molecule has 1 saturated heterocycles. The Balaban J connectivity index is 1.54. The molecule has 2 aromatic carbocycles. The zero-order chi connectivity index (χ0) is 18.5. The van der Waals surface area contributed by atoms with Gasteiger partial charge in [0.2, 0.25) is 0 Å². The van der Waals surface area contributed by atoms with E-state index in [-0.39, 0.29) is 17.8 Å². The minimum atomic E-state index is -0.265. The van der Waals surface area contributed by atoms with Crippen molar-refractivity contribution in [2.24, 2.45) is 0 Å². The minimum Gasteiger partial charge on any atom is -0.360 e. The third kappa shape index (κ3) is 4.41. The monoisotopic (exact) mass is 356 g/mol. The number of anilines is 1. The van der Waals surface area contributed by atoms with Crippen molar-refractivity contribution in [1.29, 1.82) is 0 Å². The van der Waals surface area contributed by atoms with E-state index in [1.807, 2.05) is 19.1 Å². The van der Waals surface area contributed by atoms with E-state index in [9.17, 15) is 9.18 Å². The van der Waals surface area contributed by atoms with Gasteiger partial charge in [-0.2, -0.15) is 0 Å². The number of hydrogen-bond donors (Lipinski definition) is 1. The van der Waals surface area contributed by atoms with E-state index in [2.05, 4.69) is 29.2 Å². The zero-order valence-corrected chi connectivity index (χ0v) is 15.5. The van der Waals surface area contributed by atoms with E-state index in [0.717, 1.165) is 31.7 Å². The number of benzene rings is 2. The number of quaternary nitrogens is 1. The molecule has 2 aromatic rings. The van der Waals surface area contributed by atoms with Crippen molar-refractivity contribution in [2.75, 3.05) is 38.1 Å². The second-order valence-electron chi connectivity index (χ2n) is 7.03. The summed E-state index contributed by atoms with van der Waals surface area (Å²) in [5.74, 6) is -0.156. The Morgan fingerprint density at radius 3 is 2.50 bits per heavy atom. The summed E-state index contributed by atoms with van der Waals surface area (Å²) in [6.45, 7) is 6.21. The second-order valence-corrected chi connectivity index (χ2v) is 7.03. The number of piperazine rings is 1. The van der Waals surface area contributed by atoms with Gasteiger partial charge in [0.25, 0.3) is 5.91 Å². The molecular formula is C21H27FN3O+. The maximum Gasteiger partial charge on any atom is 0.280 e. The smallest absolute Gasteiger partial charge is 0.280 e. The summed E-state index contributed by atoms with van der Waals surface area (Å²) in [4.78, 5) is 18.2. The predicted molar refractivity (Wildman–Crippen MR) is 102 cm³/mol. The van der Waals surface area contributed by atoms with Crippen LogP contribution in [-0.4, -0.2) is 50.1 Å². The van der Waals surface area contributed by atoms with Gasteiger partial charge in [-0.25, -0.2) is 4.39 Å². The summed E-state index contributed by atoms with van der Waals surface area (Å²) >= 11 is 0. The van der Waals surface area contributed by atoms with Crippen LogP contribution in [0.4, 0.5) is 10.1 Å². The first-order valence-electron chi connectivity index (χ1n) is 9.18. The van der Waals surface area contributed by atoms with Gasteiger partial charge in [-0.1, -0.05) is 30.3 Å². The van der Waals surface area contributed by atoms with Gasteiger partial charge in [0.15, 0.2) is 6.04 Å². The molecule has 0 saturated carbocycles. The zero-order valence-electron chi connectivity index (χ0n) is 15.5. The first kappa shape index (κ1) is 18.4. The molecule has 1 fully saturated rings. The molecule has 0 unspecified atom stereocenters. The lowest BCUT2D eigenvalue weighted by atomic mass is 10.1. The van der Waals surface area contributed by atoms with Crippen molar-refractivity contribution in [3.05, 3.63) is 66.0 Å². The van der Waals surface area contributed by atoms with Gasteiger partial charge in [-0.05, 0) is 36.8 Å². The van der Waals surface area contributed by atoms with Crippen LogP contribution in [-0.2, 0) is 11.3 Å². The Morgan fingerprint density at radius 2 is 1.85 bits per heavy atom. The summed E-state index contributed by atoms with van der Waals surface area (Å²) in [6, 6.07) is 16.8. The molecule has 3 rings (SSSR count). The first-order chi connectivity index (χ1) is 12.5. The van der Waals surface area contributed by atoms with Gasteiger partial charge in [0.05, 0.1) is 26.2 Å². The van der Waals surface area contributed by atoms with Crippen LogP contribution >= 0.6 is 0 Å². The lowest BCUT2D eigenvalue weighted by Gasteiger charge is -2.37. The van der Waals surface area contributed by atoms with Crippen molar-refractivity contribution in [2.45, 2.75) is 19.5 Å².